The van der Waals surface area contributed by atoms with Crippen LogP contribution >= 0.6 is 11.8 Å². The minimum absolute atomic E-state index is 0.0195. The molecule has 0 spiro atoms. The minimum atomic E-state index is -0.261. The highest BCUT2D eigenvalue weighted by Gasteiger charge is 2.32. The molecule has 1 aliphatic rings. The molecular weight excluding hydrogens is 304 g/mol. The number of ketones is 1. The lowest BCUT2D eigenvalue weighted by molar-refractivity contribution is 0.104. The third kappa shape index (κ3) is 2.27. The number of thioether (sulfide) groups is 1. The molecule has 22 heavy (non-hydrogen) atoms. The van der Waals surface area contributed by atoms with Gasteiger partial charge in [-0.2, -0.15) is 0 Å². The number of fused-ring (bicyclic) bond motifs is 1. The number of benzene rings is 2. The highest BCUT2D eigenvalue weighted by molar-refractivity contribution is 8.05. The fraction of sp³-hybridized carbons (Fsp3) is 0.0625. The van der Waals surface area contributed by atoms with E-state index in [1.165, 1.54) is 25.3 Å². The normalized spacial score (nSPS) is 15.1. The van der Waals surface area contributed by atoms with Gasteiger partial charge in [-0.15, -0.1) is 0 Å². The number of Topliss-reactive ketones (excluding diaryl/α,β-unsaturated/α-hetero) is 1. The first kappa shape index (κ1) is 14.3. The second kappa shape index (κ2) is 5.31. The predicted octanol–water partition coefficient (Wildman–Crippen LogP) is 3.14. The van der Waals surface area contributed by atoms with E-state index >= 15 is 0 Å². The fourth-order valence-electron chi connectivity index (χ4n) is 2.20. The van der Waals surface area contributed by atoms with Gasteiger partial charge in [-0.3, -0.25) is 4.79 Å². The minimum Gasteiger partial charge on any atom is -0.507 e. The van der Waals surface area contributed by atoms with Gasteiger partial charge in [0, 0.05) is 0 Å². The topological polar surface area (TPSA) is 87.0 Å². The smallest absolute Gasteiger partial charge is 0.204 e. The number of carbonyl (C=O) groups excluding carboxylic acids is 1. The largest absolute Gasteiger partial charge is 0.507 e. The van der Waals surface area contributed by atoms with Crippen molar-refractivity contribution in [1.29, 1.82) is 0 Å². The highest BCUT2D eigenvalue weighted by atomic mass is 32.2. The van der Waals surface area contributed by atoms with Crippen molar-refractivity contribution < 1.29 is 24.9 Å². The van der Waals surface area contributed by atoms with Crippen LogP contribution in [0.3, 0.4) is 0 Å². The van der Waals surface area contributed by atoms with Crippen molar-refractivity contribution in [2.45, 2.75) is 4.90 Å². The summed E-state index contributed by atoms with van der Waals surface area (Å²) in [4.78, 5) is 13.4. The van der Waals surface area contributed by atoms with Gasteiger partial charge in [-0.05, 0) is 35.9 Å². The molecule has 0 aromatic heterocycles. The molecule has 2 aromatic carbocycles. The van der Waals surface area contributed by atoms with Gasteiger partial charge < -0.3 is 20.1 Å². The molecule has 3 N–H and O–H groups in total. The molecule has 0 saturated carbocycles. The predicted molar refractivity (Wildman–Crippen MR) is 82.6 cm³/mol. The Morgan fingerprint density at radius 1 is 1.05 bits per heavy atom. The Hall–Kier alpha value is -2.60. The number of allylic oxidation sites excluding steroid dienone is 1. The third-order valence-electron chi connectivity index (χ3n) is 3.28. The summed E-state index contributed by atoms with van der Waals surface area (Å²) in [5.74, 6) is -0.313. The Morgan fingerprint density at radius 2 is 1.77 bits per heavy atom. The maximum Gasteiger partial charge on any atom is 0.204 e. The second-order valence-electron chi connectivity index (χ2n) is 4.68. The number of ether oxygens (including phenoxy) is 1. The van der Waals surface area contributed by atoms with E-state index in [1.807, 2.05) is 0 Å². The van der Waals surface area contributed by atoms with Crippen molar-refractivity contribution in [3.8, 4) is 23.0 Å². The molecule has 5 nitrogen and oxygen atoms in total. The van der Waals surface area contributed by atoms with Crippen LogP contribution in [0.1, 0.15) is 15.9 Å². The van der Waals surface area contributed by atoms with Gasteiger partial charge >= 0.3 is 0 Å². The SMILES string of the molecule is COc1ccc(O)c2c1C(=O)/C(=C/c1ccc(O)c(O)c1)S2. The number of hydrogen-bond acceptors (Lipinski definition) is 6. The molecule has 0 fully saturated rings. The first-order valence-electron chi connectivity index (χ1n) is 6.37. The Kier molecular flexibility index (Phi) is 3.46. The monoisotopic (exact) mass is 316 g/mol. The van der Waals surface area contributed by atoms with Crippen LogP contribution in [0, 0.1) is 0 Å². The molecule has 0 saturated heterocycles. The number of aromatic hydroxyl groups is 3. The summed E-state index contributed by atoms with van der Waals surface area (Å²) in [6.07, 6.45) is 1.59. The van der Waals surface area contributed by atoms with E-state index in [2.05, 4.69) is 0 Å². The number of carbonyl (C=O) groups is 1. The number of phenolic OH excluding ortho intramolecular Hbond substituents is 3. The van der Waals surface area contributed by atoms with Gasteiger partial charge in [0.25, 0.3) is 0 Å². The molecule has 0 unspecified atom stereocenters. The quantitative estimate of drug-likeness (QED) is 0.583. The maximum atomic E-state index is 12.5. The summed E-state index contributed by atoms with van der Waals surface area (Å²) in [7, 11) is 1.46. The van der Waals surface area contributed by atoms with Crippen LogP contribution in [0.15, 0.2) is 40.1 Å². The second-order valence-corrected chi connectivity index (χ2v) is 5.73. The summed E-state index contributed by atoms with van der Waals surface area (Å²) in [5, 5.41) is 28.7. The van der Waals surface area contributed by atoms with Crippen LogP contribution in [0.25, 0.3) is 6.08 Å². The van der Waals surface area contributed by atoms with Crippen LogP contribution in [0.4, 0.5) is 0 Å². The lowest BCUT2D eigenvalue weighted by Gasteiger charge is -2.05. The van der Waals surface area contributed by atoms with Crippen LogP contribution in [0.2, 0.25) is 0 Å². The lowest BCUT2D eigenvalue weighted by Crippen LogP contribution is -1.98. The summed E-state index contributed by atoms with van der Waals surface area (Å²) in [6.45, 7) is 0. The molecule has 0 atom stereocenters. The van der Waals surface area contributed by atoms with E-state index in [4.69, 9.17) is 4.74 Å². The van der Waals surface area contributed by atoms with Crippen molar-refractivity contribution >= 4 is 23.6 Å². The molecule has 6 heteroatoms. The van der Waals surface area contributed by atoms with Crippen molar-refractivity contribution in [1.82, 2.24) is 0 Å². The standard InChI is InChI=1S/C16H12O5S/c1-21-12-5-4-10(18)16-14(12)15(20)13(22-16)7-8-2-3-9(17)11(19)6-8/h2-7,17-19H,1H3/b13-7-. The molecule has 1 aliphatic heterocycles. The molecule has 0 amide bonds. The summed E-state index contributed by atoms with van der Waals surface area (Å²) >= 11 is 1.14. The molecule has 0 bridgehead atoms. The van der Waals surface area contributed by atoms with Gasteiger partial charge in [0.2, 0.25) is 5.78 Å². The van der Waals surface area contributed by atoms with E-state index in [1.54, 1.807) is 18.2 Å². The molecule has 3 rings (SSSR count). The number of hydrogen-bond donors (Lipinski definition) is 3. The zero-order valence-corrected chi connectivity index (χ0v) is 12.3. The van der Waals surface area contributed by atoms with E-state index in [0.717, 1.165) is 11.8 Å². The van der Waals surface area contributed by atoms with Crippen LogP contribution in [-0.2, 0) is 0 Å². The molecular formula is C16H12O5S. The molecule has 1 heterocycles. The van der Waals surface area contributed by atoms with E-state index in [0.29, 0.717) is 26.7 Å². The Labute approximate surface area is 130 Å². The number of phenols is 3. The van der Waals surface area contributed by atoms with Crippen molar-refractivity contribution in [2.75, 3.05) is 7.11 Å². The molecule has 0 aliphatic carbocycles. The fourth-order valence-corrected chi connectivity index (χ4v) is 3.28. The van der Waals surface area contributed by atoms with Crippen molar-refractivity contribution in [3.05, 3.63) is 46.4 Å². The third-order valence-corrected chi connectivity index (χ3v) is 4.42. The molecule has 2 aromatic rings. The van der Waals surface area contributed by atoms with Crippen LogP contribution in [0.5, 0.6) is 23.0 Å². The van der Waals surface area contributed by atoms with Crippen molar-refractivity contribution in [2.24, 2.45) is 0 Å². The average Bonchev–Trinajstić information content (AvgIpc) is 2.82. The molecule has 112 valence electrons. The zero-order chi connectivity index (χ0) is 15.9. The zero-order valence-electron chi connectivity index (χ0n) is 11.5. The van der Waals surface area contributed by atoms with Gasteiger partial charge in [-0.25, -0.2) is 0 Å². The lowest BCUT2D eigenvalue weighted by atomic mass is 10.1. The van der Waals surface area contributed by atoms with Crippen LogP contribution < -0.4 is 4.74 Å². The Bertz CT molecular complexity index is 810. The summed E-state index contributed by atoms with van der Waals surface area (Å²) in [5.41, 5.74) is 0.902. The number of methoxy groups -OCH3 is 1. The highest BCUT2D eigenvalue weighted by Crippen LogP contribution is 2.49. The molecule has 0 radical (unpaired) electrons. The summed E-state index contributed by atoms with van der Waals surface area (Å²) < 4.78 is 5.17. The van der Waals surface area contributed by atoms with Gasteiger partial charge in [0.15, 0.2) is 11.5 Å². The first-order valence-corrected chi connectivity index (χ1v) is 7.19. The first-order chi connectivity index (χ1) is 10.5. The van der Waals surface area contributed by atoms with Gasteiger partial charge in [-0.1, -0.05) is 17.8 Å². The van der Waals surface area contributed by atoms with E-state index in [9.17, 15) is 20.1 Å². The summed E-state index contributed by atoms with van der Waals surface area (Å²) in [6, 6.07) is 7.30. The van der Waals surface area contributed by atoms with Gasteiger partial charge in [0.1, 0.15) is 11.5 Å². The van der Waals surface area contributed by atoms with Crippen LogP contribution in [-0.4, -0.2) is 28.2 Å². The Morgan fingerprint density at radius 3 is 2.45 bits per heavy atom. The van der Waals surface area contributed by atoms with Gasteiger partial charge in [0.05, 0.1) is 22.5 Å². The maximum absolute atomic E-state index is 12.5. The Balaban J connectivity index is 2.05. The number of rotatable bonds is 2. The van der Waals surface area contributed by atoms with E-state index in [-0.39, 0.29) is 23.0 Å². The van der Waals surface area contributed by atoms with E-state index < -0.39 is 0 Å². The van der Waals surface area contributed by atoms with Crippen molar-refractivity contribution in [3.63, 3.8) is 0 Å². The average molecular weight is 316 g/mol.